The summed E-state index contributed by atoms with van der Waals surface area (Å²) in [7, 11) is 1.22. The van der Waals surface area contributed by atoms with E-state index in [1.165, 1.54) is 14.0 Å². The van der Waals surface area contributed by atoms with Gasteiger partial charge >= 0.3 is 0 Å². The van der Waals surface area contributed by atoms with Crippen molar-refractivity contribution in [3.05, 3.63) is 0 Å². The molecule has 0 aromatic rings. The van der Waals surface area contributed by atoms with Crippen LogP contribution in [0, 0.1) is 0 Å². The zero-order chi connectivity index (χ0) is 29.9. The van der Waals surface area contributed by atoms with Gasteiger partial charge in [-0.15, -0.1) is 0 Å². The van der Waals surface area contributed by atoms with Crippen LogP contribution in [0.25, 0.3) is 0 Å². The lowest BCUT2D eigenvalue weighted by Gasteiger charge is -2.50. The number of carbonyl (C=O) groups is 1. The summed E-state index contributed by atoms with van der Waals surface area (Å²) < 4.78 is 33.7. The standard InChI is InChI=1S/C22H40N2O16/c1-6(23)19(34)24-10-18(40-22-16(33)14(31)12(29)8(4-26)37-22)17(9(5-27)38-20(10)35-2)39-21-15(32)13(30)11(28)7(3-25)36-21/h6-18,20-22,25-33H,3-5,23H2,1-2H3,(H,24,34)/t6-,7+,8+,9+,10+,11+,12+,13-,14-,15+,16+,17-,18+,20-,21+,22-/m0/s1. The average molecular weight is 589 g/mol. The predicted octanol–water partition coefficient (Wildman–Crippen LogP) is -7.45. The van der Waals surface area contributed by atoms with Crippen LogP contribution < -0.4 is 11.1 Å². The zero-order valence-electron chi connectivity index (χ0n) is 21.8. The van der Waals surface area contributed by atoms with Gasteiger partial charge in [0, 0.05) is 7.11 Å². The van der Waals surface area contributed by atoms with Gasteiger partial charge in [0.05, 0.1) is 25.9 Å². The lowest BCUT2D eigenvalue weighted by atomic mass is 9.94. The summed E-state index contributed by atoms with van der Waals surface area (Å²) in [5.74, 6) is -0.716. The van der Waals surface area contributed by atoms with Crippen LogP contribution in [-0.4, -0.2) is 177 Å². The first-order valence-electron chi connectivity index (χ1n) is 12.7. The Bertz CT molecular complexity index is 807. The number of aliphatic hydroxyl groups excluding tert-OH is 9. The minimum absolute atomic E-state index is 0.716. The van der Waals surface area contributed by atoms with E-state index in [-0.39, 0.29) is 0 Å². The normalized spacial score (nSPS) is 47.0. The highest BCUT2D eigenvalue weighted by Crippen LogP contribution is 2.33. The van der Waals surface area contributed by atoms with Crippen molar-refractivity contribution in [3.63, 3.8) is 0 Å². The van der Waals surface area contributed by atoms with Crippen LogP contribution in [0.15, 0.2) is 0 Å². The van der Waals surface area contributed by atoms with Crippen molar-refractivity contribution in [2.75, 3.05) is 26.9 Å². The SMILES string of the molecule is CO[C@H]1O[C@H](CO)[C@H](O[C@H]2O[C@H](CO)[C@@H](O)[C@H](O)[C@H]2O)[C@H](O[C@@H]2O[C@H](CO)[C@@H](O)[C@H](O)[C@H]2O)[C@H]1NC(=O)[C@H](C)N. The molecule has 3 aliphatic rings. The van der Waals surface area contributed by atoms with Gasteiger partial charge in [-0.2, -0.15) is 0 Å². The predicted molar refractivity (Wildman–Crippen MR) is 126 cm³/mol. The Morgan fingerprint density at radius 1 is 0.725 bits per heavy atom. The smallest absolute Gasteiger partial charge is 0.237 e. The van der Waals surface area contributed by atoms with Crippen LogP contribution in [0.1, 0.15) is 6.92 Å². The monoisotopic (exact) mass is 588 g/mol. The first-order chi connectivity index (χ1) is 18.9. The van der Waals surface area contributed by atoms with E-state index >= 15 is 0 Å². The van der Waals surface area contributed by atoms with Gasteiger partial charge in [0.25, 0.3) is 0 Å². The second-order valence-electron chi connectivity index (χ2n) is 9.88. The average Bonchev–Trinajstić information content (AvgIpc) is 2.94. The molecule has 3 aliphatic heterocycles. The molecular weight excluding hydrogens is 548 g/mol. The molecule has 0 aromatic heterocycles. The van der Waals surface area contributed by atoms with Gasteiger partial charge < -0.3 is 85.4 Å². The third-order valence-corrected chi connectivity index (χ3v) is 7.06. The number of nitrogens with one attached hydrogen (secondary N) is 1. The largest absolute Gasteiger partial charge is 0.394 e. The van der Waals surface area contributed by atoms with Crippen LogP contribution >= 0.6 is 0 Å². The summed E-state index contributed by atoms with van der Waals surface area (Å²) in [5.41, 5.74) is 5.69. The van der Waals surface area contributed by atoms with Crippen LogP contribution in [0.4, 0.5) is 0 Å². The molecule has 0 saturated carbocycles. The number of methoxy groups -OCH3 is 1. The van der Waals surface area contributed by atoms with Crippen LogP contribution in [0.5, 0.6) is 0 Å². The highest BCUT2D eigenvalue weighted by molar-refractivity contribution is 5.81. The van der Waals surface area contributed by atoms with Gasteiger partial charge in [-0.25, -0.2) is 0 Å². The van der Waals surface area contributed by atoms with Crippen molar-refractivity contribution in [2.24, 2.45) is 5.73 Å². The van der Waals surface area contributed by atoms with Crippen LogP contribution in [-0.2, 0) is 33.2 Å². The lowest BCUT2D eigenvalue weighted by molar-refractivity contribution is -0.373. The number of ether oxygens (including phenoxy) is 6. The first-order valence-corrected chi connectivity index (χ1v) is 12.7. The maximum Gasteiger partial charge on any atom is 0.237 e. The van der Waals surface area contributed by atoms with Gasteiger partial charge in [0.15, 0.2) is 18.9 Å². The van der Waals surface area contributed by atoms with Crippen molar-refractivity contribution < 1.29 is 79.2 Å². The van der Waals surface area contributed by atoms with E-state index in [0.29, 0.717) is 0 Å². The molecular formula is C22H40N2O16. The van der Waals surface area contributed by atoms with E-state index in [0.717, 1.165) is 0 Å². The van der Waals surface area contributed by atoms with E-state index in [4.69, 9.17) is 34.2 Å². The van der Waals surface area contributed by atoms with Crippen LogP contribution in [0.3, 0.4) is 0 Å². The molecule has 0 aromatic carbocycles. The van der Waals surface area contributed by atoms with Crippen molar-refractivity contribution in [1.82, 2.24) is 5.32 Å². The van der Waals surface area contributed by atoms with Crippen molar-refractivity contribution in [1.29, 1.82) is 0 Å². The molecule has 12 N–H and O–H groups in total. The number of hydrogen-bond donors (Lipinski definition) is 11. The van der Waals surface area contributed by atoms with E-state index < -0.39 is 124 Å². The maximum absolute atomic E-state index is 12.6. The number of aliphatic hydroxyl groups is 9. The second-order valence-corrected chi connectivity index (χ2v) is 9.88. The quantitative estimate of drug-likeness (QED) is 0.113. The number of rotatable bonds is 10. The highest BCUT2D eigenvalue weighted by atomic mass is 16.8. The van der Waals surface area contributed by atoms with E-state index in [2.05, 4.69) is 5.32 Å². The molecule has 16 atom stereocenters. The Morgan fingerprint density at radius 3 is 1.55 bits per heavy atom. The van der Waals surface area contributed by atoms with Crippen LogP contribution in [0.2, 0.25) is 0 Å². The third kappa shape index (κ3) is 6.89. The molecule has 0 aliphatic carbocycles. The van der Waals surface area contributed by atoms with Gasteiger partial charge in [-0.05, 0) is 6.92 Å². The summed E-state index contributed by atoms with van der Waals surface area (Å²) in [4.78, 5) is 12.6. The molecule has 3 fully saturated rings. The molecule has 0 unspecified atom stereocenters. The molecule has 18 heteroatoms. The molecule has 0 spiro atoms. The third-order valence-electron chi connectivity index (χ3n) is 7.06. The minimum Gasteiger partial charge on any atom is -0.394 e. The molecule has 0 bridgehead atoms. The molecule has 1 amide bonds. The molecule has 40 heavy (non-hydrogen) atoms. The van der Waals surface area contributed by atoms with Gasteiger partial charge in [-0.3, -0.25) is 4.79 Å². The summed E-state index contributed by atoms with van der Waals surface area (Å²) >= 11 is 0. The molecule has 3 saturated heterocycles. The summed E-state index contributed by atoms with van der Waals surface area (Å²) in [5, 5.41) is 93.5. The fourth-order valence-corrected chi connectivity index (χ4v) is 4.70. The topological polar surface area (TPSA) is 293 Å². The first kappa shape index (κ1) is 33.3. The van der Waals surface area contributed by atoms with Gasteiger partial charge in [-0.1, -0.05) is 0 Å². The maximum atomic E-state index is 12.6. The van der Waals surface area contributed by atoms with Crippen molar-refractivity contribution in [3.8, 4) is 0 Å². The fourth-order valence-electron chi connectivity index (χ4n) is 4.70. The van der Waals surface area contributed by atoms with Crippen molar-refractivity contribution in [2.45, 2.75) is 105 Å². The Labute approximate surface area is 228 Å². The van der Waals surface area contributed by atoms with E-state index in [1.807, 2.05) is 0 Å². The Hall–Kier alpha value is -1.17. The number of nitrogens with two attached hydrogens (primary N) is 1. The number of carbonyl (C=O) groups excluding carboxylic acids is 1. The highest BCUT2D eigenvalue weighted by Gasteiger charge is 2.55. The van der Waals surface area contributed by atoms with Gasteiger partial charge in [0.2, 0.25) is 5.91 Å². The lowest BCUT2D eigenvalue weighted by Crippen LogP contribution is -2.70. The molecule has 3 heterocycles. The number of amides is 1. The fraction of sp³-hybridized carbons (Fsp3) is 0.955. The summed E-state index contributed by atoms with van der Waals surface area (Å²) in [6.07, 6.45) is -22.8. The molecule has 0 radical (unpaired) electrons. The summed E-state index contributed by atoms with van der Waals surface area (Å²) in [6.45, 7) is -0.912. The zero-order valence-corrected chi connectivity index (χ0v) is 21.8. The molecule has 234 valence electrons. The Morgan fingerprint density at radius 2 is 1.15 bits per heavy atom. The molecule has 3 rings (SSSR count). The van der Waals surface area contributed by atoms with Gasteiger partial charge in [0.1, 0.15) is 73.2 Å². The molecule has 18 nitrogen and oxygen atoms in total. The number of hydrogen-bond acceptors (Lipinski definition) is 17. The second kappa shape index (κ2) is 14.3. The summed E-state index contributed by atoms with van der Waals surface area (Å²) in [6, 6.07) is -2.36. The Balaban J connectivity index is 1.99. The Kier molecular flexibility index (Phi) is 11.9. The minimum atomic E-state index is -1.88. The van der Waals surface area contributed by atoms with Crippen molar-refractivity contribution >= 4 is 5.91 Å². The van der Waals surface area contributed by atoms with E-state index in [9.17, 15) is 50.8 Å². The van der Waals surface area contributed by atoms with E-state index in [1.54, 1.807) is 0 Å².